The zero-order chi connectivity index (χ0) is 19.7. The average molecular weight is 376 g/mol. The Morgan fingerprint density at radius 1 is 1.14 bits per heavy atom. The number of benzene rings is 2. The van der Waals surface area contributed by atoms with Gasteiger partial charge in [-0.05, 0) is 67.1 Å². The van der Waals surface area contributed by atoms with E-state index in [0.717, 1.165) is 40.6 Å². The molecule has 2 amide bonds. The molecular formula is C23H24N2O3. The summed E-state index contributed by atoms with van der Waals surface area (Å²) < 4.78 is 5.70. The summed E-state index contributed by atoms with van der Waals surface area (Å²) in [7, 11) is 0. The topological polar surface area (TPSA) is 71.3 Å². The highest BCUT2D eigenvalue weighted by Crippen LogP contribution is 2.30. The lowest BCUT2D eigenvalue weighted by Gasteiger charge is -2.15. The molecule has 0 radical (unpaired) electrons. The van der Waals surface area contributed by atoms with Gasteiger partial charge in [0, 0.05) is 23.6 Å². The Kier molecular flexibility index (Phi) is 4.90. The van der Waals surface area contributed by atoms with E-state index in [4.69, 9.17) is 4.42 Å². The van der Waals surface area contributed by atoms with Gasteiger partial charge < -0.3 is 15.1 Å². The minimum Gasteiger partial charge on any atom is -0.464 e. The number of nitrogens with one attached hydrogen (secondary N) is 2. The molecule has 2 aromatic carbocycles. The molecule has 3 aromatic rings. The van der Waals surface area contributed by atoms with E-state index in [1.165, 1.54) is 24.5 Å². The molecule has 0 saturated carbocycles. The summed E-state index contributed by atoms with van der Waals surface area (Å²) in [5.41, 5.74) is 6.18. The first-order valence-electron chi connectivity index (χ1n) is 9.68. The normalized spacial score (nSPS) is 13.9. The second-order valence-corrected chi connectivity index (χ2v) is 7.50. The van der Waals surface area contributed by atoms with E-state index in [1.807, 2.05) is 31.2 Å². The van der Waals surface area contributed by atoms with E-state index in [0.29, 0.717) is 0 Å². The molecule has 0 spiro atoms. The Morgan fingerprint density at radius 2 is 1.93 bits per heavy atom. The molecule has 1 unspecified atom stereocenters. The van der Waals surface area contributed by atoms with E-state index < -0.39 is 0 Å². The van der Waals surface area contributed by atoms with Gasteiger partial charge in [-0.25, -0.2) is 0 Å². The maximum Gasteiger partial charge on any atom is 0.225 e. The van der Waals surface area contributed by atoms with Crippen molar-refractivity contribution in [1.82, 2.24) is 5.32 Å². The Balaban J connectivity index is 1.46. The second kappa shape index (κ2) is 7.50. The second-order valence-electron chi connectivity index (χ2n) is 7.50. The van der Waals surface area contributed by atoms with Gasteiger partial charge in [-0.1, -0.05) is 12.1 Å². The van der Waals surface area contributed by atoms with Gasteiger partial charge in [-0.3, -0.25) is 9.59 Å². The van der Waals surface area contributed by atoms with E-state index >= 15 is 0 Å². The molecule has 1 aromatic heterocycles. The fourth-order valence-electron chi connectivity index (χ4n) is 3.92. The minimum atomic E-state index is -0.163. The molecule has 5 heteroatoms. The number of rotatable bonds is 5. The third-order valence-corrected chi connectivity index (χ3v) is 5.30. The molecule has 28 heavy (non-hydrogen) atoms. The predicted octanol–water partition coefficient (Wildman–Crippen LogP) is 4.30. The number of hydrogen-bond donors (Lipinski definition) is 2. The Morgan fingerprint density at radius 3 is 2.71 bits per heavy atom. The Labute approximate surface area is 164 Å². The standard InChI is InChI=1S/C23H24N2O3/c1-14(16-5-4-8-20(9-16)25-15(2)26)24-23(27)12-19-13-28-22-11-18-7-3-6-17(18)10-21(19)22/h4-5,8-11,13-14H,3,6-7,12H2,1-2H3,(H,24,27)(H,25,26). The monoisotopic (exact) mass is 376 g/mol. The summed E-state index contributed by atoms with van der Waals surface area (Å²) in [4.78, 5) is 23.8. The van der Waals surface area contributed by atoms with Crippen molar-refractivity contribution in [3.05, 3.63) is 64.9 Å². The van der Waals surface area contributed by atoms with Gasteiger partial charge in [-0.2, -0.15) is 0 Å². The number of carbonyl (C=O) groups is 2. The highest BCUT2D eigenvalue weighted by atomic mass is 16.3. The summed E-state index contributed by atoms with van der Waals surface area (Å²) >= 11 is 0. The molecule has 2 N–H and O–H groups in total. The van der Waals surface area contributed by atoms with Gasteiger partial charge in [0.2, 0.25) is 11.8 Å². The van der Waals surface area contributed by atoms with Crippen molar-refractivity contribution in [1.29, 1.82) is 0 Å². The van der Waals surface area contributed by atoms with E-state index in [1.54, 1.807) is 6.26 Å². The molecule has 1 aliphatic carbocycles. The zero-order valence-electron chi connectivity index (χ0n) is 16.2. The van der Waals surface area contributed by atoms with Crippen molar-refractivity contribution >= 4 is 28.5 Å². The summed E-state index contributed by atoms with van der Waals surface area (Å²) in [5.74, 6) is -0.173. The van der Waals surface area contributed by atoms with Gasteiger partial charge >= 0.3 is 0 Å². The first-order chi connectivity index (χ1) is 13.5. The van der Waals surface area contributed by atoms with Crippen LogP contribution in [0, 0.1) is 0 Å². The fraction of sp³-hybridized carbons (Fsp3) is 0.304. The molecule has 1 atom stereocenters. The smallest absolute Gasteiger partial charge is 0.225 e. The first kappa shape index (κ1) is 18.3. The third-order valence-electron chi connectivity index (χ3n) is 5.30. The van der Waals surface area contributed by atoms with Crippen molar-refractivity contribution in [2.24, 2.45) is 0 Å². The van der Waals surface area contributed by atoms with Crippen LogP contribution in [0.2, 0.25) is 0 Å². The molecule has 0 fully saturated rings. The van der Waals surface area contributed by atoms with Crippen LogP contribution >= 0.6 is 0 Å². The maximum atomic E-state index is 12.6. The highest BCUT2D eigenvalue weighted by Gasteiger charge is 2.17. The van der Waals surface area contributed by atoms with Crippen LogP contribution in [0.15, 0.2) is 47.1 Å². The van der Waals surface area contributed by atoms with Gasteiger partial charge in [0.25, 0.3) is 0 Å². The lowest BCUT2D eigenvalue weighted by molar-refractivity contribution is -0.121. The van der Waals surface area contributed by atoms with Crippen molar-refractivity contribution in [3.63, 3.8) is 0 Å². The summed E-state index contributed by atoms with van der Waals surface area (Å²) in [6.45, 7) is 3.41. The quantitative estimate of drug-likeness (QED) is 0.697. The van der Waals surface area contributed by atoms with Crippen LogP contribution in [0.4, 0.5) is 5.69 Å². The first-order valence-corrected chi connectivity index (χ1v) is 9.68. The SMILES string of the molecule is CC(=O)Nc1cccc(C(C)NC(=O)Cc2coc3cc4c(cc23)CCC4)c1. The highest BCUT2D eigenvalue weighted by molar-refractivity contribution is 5.89. The molecule has 0 saturated heterocycles. The zero-order valence-corrected chi connectivity index (χ0v) is 16.2. The van der Waals surface area contributed by atoms with Crippen LogP contribution in [-0.4, -0.2) is 11.8 Å². The largest absolute Gasteiger partial charge is 0.464 e. The van der Waals surface area contributed by atoms with Gasteiger partial charge in [0.15, 0.2) is 0 Å². The van der Waals surface area contributed by atoms with Crippen molar-refractivity contribution in [2.75, 3.05) is 5.32 Å². The lowest BCUT2D eigenvalue weighted by atomic mass is 10.0. The molecule has 1 heterocycles. The van der Waals surface area contributed by atoms with Crippen molar-refractivity contribution in [2.45, 2.75) is 45.6 Å². The number of furan rings is 1. The lowest BCUT2D eigenvalue weighted by Crippen LogP contribution is -2.28. The number of aryl methyl sites for hydroxylation is 2. The van der Waals surface area contributed by atoms with Crippen LogP contribution in [0.3, 0.4) is 0 Å². The molecule has 0 bridgehead atoms. The van der Waals surface area contributed by atoms with Gasteiger partial charge in [0.1, 0.15) is 5.58 Å². The van der Waals surface area contributed by atoms with E-state index in [-0.39, 0.29) is 24.3 Å². The van der Waals surface area contributed by atoms with Crippen LogP contribution in [0.25, 0.3) is 11.0 Å². The van der Waals surface area contributed by atoms with Gasteiger partial charge in [0.05, 0.1) is 18.7 Å². The Bertz CT molecular complexity index is 1050. The van der Waals surface area contributed by atoms with Crippen molar-refractivity contribution in [3.8, 4) is 0 Å². The van der Waals surface area contributed by atoms with Crippen LogP contribution in [-0.2, 0) is 28.9 Å². The molecule has 4 rings (SSSR count). The van der Waals surface area contributed by atoms with Crippen molar-refractivity contribution < 1.29 is 14.0 Å². The number of fused-ring (bicyclic) bond motifs is 2. The van der Waals surface area contributed by atoms with Crippen LogP contribution in [0.5, 0.6) is 0 Å². The average Bonchev–Trinajstić information content (AvgIpc) is 3.26. The van der Waals surface area contributed by atoms with E-state index in [2.05, 4.69) is 22.8 Å². The summed E-state index contributed by atoms with van der Waals surface area (Å²) in [6.07, 6.45) is 5.37. The number of carbonyl (C=O) groups excluding carboxylic acids is 2. The number of hydrogen-bond acceptors (Lipinski definition) is 3. The number of amides is 2. The molecule has 5 nitrogen and oxygen atoms in total. The molecule has 0 aliphatic heterocycles. The molecule has 1 aliphatic rings. The van der Waals surface area contributed by atoms with Gasteiger partial charge in [-0.15, -0.1) is 0 Å². The summed E-state index contributed by atoms with van der Waals surface area (Å²) in [6, 6.07) is 11.7. The maximum absolute atomic E-state index is 12.6. The fourth-order valence-corrected chi connectivity index (χ4v) is 3.92. The van der Waals surface area contributed by atoms with Crippen LogP contribution < -0.4 is 10.6 Å². The Hall–Kier alpha value is -3.08. The molecular weight excluding hydrogens is 352 g/mol. The van der Waals surface area contributed by atoms with Crippen LogP contribution in [0.1, 0.15) is 48.6 Å². The third kappa shape index (κ3) is 3.79. The minimum absolute atomic E-state index is 0.0550. The van der Waals surface area contributed by atoms with E-state index in [9.17, 15) is 9.59 Å². The predicted molar refractivity (Wildman–Crippen MR) is 109 cm³/mol. The summed E-state index contributed by atoms with van der Waals surface area (Å²) in [5, 5.41) is 6.84. The number of anilines is 1. The molecule has 144 valence electrons.